The van der Waals surface area contributed by atoms with Crippen molar-refractivity contribution in [3.63, 3.8) is 0 Å². The molecule has 2 aliphatic carbocycles. The molecule has 0 saturated heterocycles. The van der Waals surface area contributed by atoms with Crippen molar-refractivity contribution < 1.29 is 0 Å². The molecule has 10 heavy (non-hydrogen) atoms. The van der Waals surface area contributed by atoms with Gasteiger partial charge in [-0.25, -0.2) is 0 Å². The topological polar surface area (TPSA) is 0 Å². The van der Waals surface area contributed by atoms with Gasteiger partial charge in [0.15, 0.2) is 0 Å². The smallest absolute Gasteiger partial charge is 0.00754 e. The lowest BCUT2D eigenvalue weighted by molar-refractivity contribution is 0.367. The molecule has 0 heterocycles. The van der Waals surface area contributed by atoms with E-state index < -0.39 is 0 Å². The average Bonchev–Trinajstić information content (AvgIpc) is 2.44. The van der Waals surface area contributed by atoms with E-state index in [4.69, 9.17) is 0 Å². The van der Waals surface area contributed by atoms with Crippen LogP contribution in [0.25, 0.3) is 0 Å². The highest BCUT2D eigenvalue weighted by Gasteiger charge is 2.43. The van der Waals surface area contributed by atoms with Crippen molar-refractivity contribution in [2.75, 3.05) is 6.26 Å². The zero-order chi connectivity index (χ0) is 7.14. The minimum Gasteiger partial charge on any atom is -0.162 e. The summed E-state index contributed by atoms with van der Waals surface area (Å²) in [4.78, 5) is 0. The van der Waals surface area contributed by atoms with Gasteiger partial charge in [0, 0.05) is 5.25 Å². The van der Waals surface area contributed by atoms with Crippen molar-refractivity contribution in [3.05, 3.63) is 0 Å². The third kappa shape index (κ3) is 0.903. The molecule has 2 saturated carbocycles. The van der Waals surface area contributed by atoms with Crippen LogP contribution in [0.15, 0.2) is 0 Å². The van der Waals surface area contributed by atoms with Crippen LogP contribution in [-0.2, 0) is 0 Å². The third-order valence-electron chi connectivity index (χ3n) is 3.45. The first-order chi connectivity index (χ1) is 4.81. The second kappa shape index (κ2) is 2.44. The van der Waals surface area contributed by atoms with Gasteiger partial charge in [0.1, 0.15) is 0 Å². The monoisotopic (exact) mass is 156 g/mol. The minimum absolute atomic E-state index is 1.03. The zero-order valence-electron chi connectivity index (χ0n) is 6.84. The number of hydrogen-bond donors (Lipinski definition) is 0. The molecule has 2 aliphatic rings. The Morgan fingerprint density at radius 1 is 1.10 bits per heavy atom. The summed E-state index contributed by atoms with van der Waals surface area (Å²) in [6, 6.07) is 0. The SMILES string of the molecule is CSC1CC2CC1C[C@@H]2C. The van der Waals surface area contributed by atoms with Crippen LogP contribution in [0, 0.1) is 17.8 Å². The Morgan fingerprint density at radius 2 is 1.90 bits per heavy atom. The van der Waals surface area contributed by atoms with E-state index >= 15 is 0 Å². The summed E-state index contributed by atoms with van der Waals surface area (Å²) in [5.41, 5.74) is 0. The van der Waals surface area contributed by atoms with Crippen LogP contribution in [0.3, 0.4) is 0 Å². The summed E-state index contributed by atoms with van der Waals surface area (Å²) >= 11 is 2.10. The molecular formula is C9H16S. The van der Waals surface area contributed by atoms with E-state index in [9.17, 15) is 0 Å². The van der Waals surface area contributed by atoms with Gasteiger partial charge in [-0.3, -0.25) is 0 Å². The molecule has 0 radical (unpaired) electrons. The first-order valence-electron chi connectivity index (χ1n) is 4.34. The van der Waals surface area contributed by atoms with Crippen LogP contribution in [-0.4, -0.2) is 11.5 Å². The number of hydrogen-bond acceptors (Lipinski definition) is 1. The van der Waals surface area contributed by atoms with E-state index in [-0.39, 0.29) is 0 Å². The van der Waals surface area contributed by atoms with Crippen molar-refractivity contribution in [1.29, 1.82) is 0 Å². The Labute approximate surface area is 67.8 Å². The first kappa shape index (κ1) is 7.02. The quantitative estimate of drug-likeness (QED) is 0.562. The summed E-state index contributed by atoms with van der Waals surface area (Å²) in [5, 5.41) is 1.03. The molecule has 2 bridgehead atoms. The molecule has 0 aliphatic heterocycles. The Balaban J connectivity index is 2.02. The predicted molar refractivity (Wildman–Crippen MR) is 47.3 cm³/mol. The lowest BCUT2D eigenvalue weighted by Gasteiger charge is -2.23. The van der Waals surface area contributed by atoms with Gasteiger partial charge in [-0.2, -0.15) is 11.8 Å². The standard InChI is InChI=1S/C9H16S/c1-6-3-8-4-7(6)5-9(8)10-2/h6-9H,3-5H2,1-2H3/t6-,7?,8?,9?/m0/s1. The van der Waals surface area contributed by atoms with Crippen LogP contribution in [0.5, 0.6) is 0 Å². The molecule has 0 aromatic rings. The molecule has 3 unspecified atom stereocenters. The fraction of sp³-hybridized carbons (Fsp3) is 1.00. The molecule has 0 spiro atoms. The lowest BCUT2D eigenvalue weighted by atomic mass is 9.90. The minimum atomic E-state index is 1.03. The van der Waals surface area contributed by atoms with Gasteiger partial charge >= 0.3 is 0 Å². The highest BCUT2D eigenvalue weighted by atomic mass is 32.2. The molecule has 0 aromatic carbocycles. The number of fused-ring (bicyclic) bond motifs is 2. The van der Waals surface area contributed by atoms with E-state index in [1.807, 2.05) is 0 Å². The van der Waals surface area contributed by atoms with E-state index in [1.165, 1.54) is 12.8 Å². The van der Waals surface area contributed by atoms with Gasteiger partial charge in [-0.15, -0.1) is 0 Å². The fourth-order valence-corrected chi connectivity index (χ4v) is 3.85. The van der Waals surface area contributed by atoms with Crippen molar-refractivity contribution in [2.45, 2.75) is 31.4 Å². The number of rotatable bonds is 1. The summed E-state index contributed by atoms with van der Waals surface area (Å²) in [6.07, 6.45) is 6.87. The Bertz CT molecular complexity index is 131. The van der Waals surface area contributed by atoms with Crippen molar-refractivity contribution in [2.24, 2.45) is 17.8 Å². The molecule has 0 amide bonds. The highest BCUT2D eigenvalue weighted by molar-refractivity contribution is 7.99. The largest absolute Gasteiger partial charge is 0.162 e. The zero-order valence-corrected chi connectivity index (χ0v) is 7.66. The van der Waals surface area contributed by atoms with E-state index in [0.29, 0.717) is 0 Å². The molecule has 0 N–H and O–H groups in total. The van der Waals surface area contributed by atoms with Crippen LogP contribution in [0.2, 0.25) is 0 Å². The van der Waals surface area contributed by atoms with E-state index in [2.05, 4.69) is 24.9 Å². The predicted octanol–water partition coefficient (Wildman–Crippen LogP) is 2.78. The van der Waals surface area contributed by atoms with Crippen LogP contribution in [0.4, 0.5) is 0 Å². The molecule has 4 atom stereocenters. The Kier molecular flexibility index (Phi) is 1.71. The van der Waals surface area contributed by atoms with Crippen molar-refractivity contribution in [3.8, 4) is 0 Å². The molecule has 0 aromatic heterocycles. The average molecular weight is 156 g/mol. The highest BCUT2D eigenvalue weighted by Crippen LogP contribution is 2.51. The summed E-state index contributed by atoms with van der Waals surface area (Å²) in [5.74, 6) is 3.24. The summed E-state index contributed by atoms with van der Waals surface area (Å²) < 4.78 is 0. The van der Waals surface area contributed by atoms with Crippen LogP contribution >= 0.6 is 11.8 Å². The molecule has 58 valence electrons. The molecule has 2 rings (SSSR count). The normalized spacial score (nSPS) is 52.2. The first-order valence-corrected chi connectivity index (χ1v) is 5.63. The van der Waals surface area contributed by atoms with Crippen LogP contribution in [0.1, 0.15) is 26.2 Å². The van der Waals surface area contributed by atoms with Gasteiger partial charge in [0.25, 0.3) is 0 Å². The van der Waals surface area contributed by atoms with Crippen molar-refractivity contribution in [1.82, 2.24) is 0 Å². The van der Waals surface area contributed by atoms with Crippen LogP contribution < -0.4 is 0 Å². The van der Waals surface area contributed by atoms with Crippen molar-refractivity contribution >= 4 is 11.8 Å². The Hall–Kier alpha value is 0.350. The maximum atomic E-state index is 2.43. The third-order valence-corrected chi connectivity index (χ3v) is 4.63. The summed E-state index contributed by atoms with van der Waals surface area (Å²) in [7, 11) is 0. The van der Waals surface area contributed by atoms with Gasteiger partial charge in [0.05, 0.1) is 0 Å². The Morgan fingerprint density at radius 3 is 2.30 bits per heavy atom. The maximum absolute atomic E-state index is 2.43. The maximum Gasteiger partial charge on any atom is 0.00754 e. The molecule has 1 heteroatoms. The van der Waals surface area contributed by atoms with Gasteiger partial charge < -0.3 is 0 Å². The van der Waals surface area contributed by atoms with Gasteiger partial charge in [0.2, 0.25) is 0 Å². The van der Waals surface area contributed by atoms with E-state index in [0.717, 1.165) is 23.0 Å². The molecular weight excluding hydrogens is 140 g/mol. The lowest BCUT2D eigenvalue weighted by Crippen LogP contribution is -2.16. The van der Waals surface area contributed by atoms with Gasteiger partial charge in [-0.05, 0) is 43.3 Å². The second-order valence-electron chi connectivity index (χ2n) is 3.98. The second-order valence-corrected chi connectivity index (χ2v) is 5.06. The summed E-state index contributed by atoms with van der Waals surface area (Å²) in [6.45, 7) is 2.43. The van der Waals surface area contributed by atoms with Gasteiger partial charge in [-0.1, -0.05) is 6.92 Å². The number of thioether (sulfide) groups is 1. The fourth-order valence-electron chi connectivity index (χ4n) is 2.80. The van der Waals surface area contributed by atoms with E-state index in [1.54, 1.807) is 6.42 Å². The molecule has 2 fully saturated rings. The molecule has 0 nitrogen and oxygen atoms in total.